The predicted molar refractivity (Wildman–Crippen MR) is 74.1 cm³/mol. The van der Waals surface area contributed by atoms with Gasteiger partial charge in [-0.1, -0.05) is 11.3 Å². The molecule has 0 amide bonds. The van der Waals surface area contributed by atoms with Crippen LogP contribution >= 0.6 is 11.3 Å². The van der Waals surface area contributed by atoms with Crippen LogP contribution in [0.2, 0.25) is 0 Å². The SMILES string of the molecule is COC(=O)/C=c1\sc2n(c1=O)C[NH+](Cc1ccco1)CN=2. The third-order valence-electron chi connectivity index (χ3n) is 3.16. The summed E-state index contributed by atoms with van der Waals surface area (Å²) < 4.78 is 11.8. The van der Waals surface area contributed by atoms with E-state index >= 15 is 0 Å². The summed E-state index contributed by atoms with van der Waals surface area (Å²) in [4.78, 5) is 29.6. The van der Waals surface area contributed by atoms with E-state index in [2.05, 4.69) is 9.73 Å². The molecule has 8 heteroatoms. The smallest absolute Gasteiger partial charge is 0.332 e. The van der Waals surface area contributed by atoms with Gasteiger partial charge in [-0.05, 0) is 12.1 Å². The van der Waals surface area contributed by atoms with Crippen LogP contribution in [0.25, 0.3) is 6.08 Å². The number of carbonyl (C=O) groups is 1. The first-order chi connectivity index (χ1) is 10.2. The van der Waals surface area contributed by atoms with Crippen LogP contribution in [-0.4, -0.2) is 24.3 Å². The van der Waals surface area contributed by atoms with E-state index in [1.54, 1.807) is 10.8 Å². The molecule has 1 N–H and O–H groups in total. The molecule has 3 rings (SSSR count). The second kappa shape index (κ2) is 5.66. The van der Waals surface area contributed by atoms with Crippen LogP contribution in [0.5, 0.6) is 0 Å². The topological polar surface area (TPSA) is 78.2 Å². The van der Waals surface area contributed by atoms with E-state index in [-0.39, 0.29) is 5.56 Å². The van der Waals surface area contributed by atoms with Gasteiger partial charge in [-0.25, -0.2) is 14.4 Å². The molecule has 3 heterocycles. The highest BCUT2D eigenvalue weighted by atomic mass is 32.1. The van der Waals surface area contributed by atoms with Gasteiger partial charge in [0.15, 0.2) is 23.9 Å². The number of hydrogen-bond acceptors (Lipinski definition) is 6. The summed E-state index contributed by atoms with van der Waals surface area (Å²) in [7, 11) is 1.28. The molecule has 0 bridgehead atoms. The van der Waals surface area contributed by atoms with Crippen LogP contribution in [0.3, 0.4) is 0 Å². The first-order valence-electron chi connectivity index (χ1n) is 6.37. The van der Waals surface area contributed by atoms with Crippen molar-refractivity contribution in [1.29, 1.82) is 0 Å². The Morgan fingerprint density at radius 1 is 1.67 bits per heavy atom. The third kappa shape index (κ3) is 2.81. The standard InChI is InChI=1S/C13H13N3O4S/c1-19-11(17)5-10-12(18)16-8-15(7-14-13(16)21-10)6-9-3-2-4-20-9/h2-5H,6-8H2,1H3/p+1/b10-5-. The molecular formula is C13H14N3O4S+. The fourth-order valence-electron chi connectivity index (χ4n) is 2.16. The summed E-state index contributed by atoms with van der Waals surface area (Å²) in [6.45, 7) is 1.73. The fourth-order valence-corrected chi connectivity index (χ4v) is 3.09. The zero-order valence-electron chi connectivity index (χ0n) is 11.4. The van der Waals surface area contributed by atoms with Crippen LogP contribution in [-0.2, 0) is 22.7 Å². The molecule has 7 nitrogen and oxygen atoms in total. The molecule has 1 aliphatic heterocycles. The maximum Gasteiger partial charge on any atom is 0.332 e. The maximum absolute atomic E-state index is 12.3. The third-order valence-corrected chi connectivity index (χ3v) is 4.21. The largest absolute Gasteiger partial charge is 0.466 e. The lowest BCUT2D eigenvalue weighted by Crippen LogP contribution is -3.11. The van der Waals surface area contributed by atoms with E-state index < -0.39 is 5.97 Å². The first kappa shape index (κ1) is 13.8. The number of fused-ring (bicyclic) bond motifs is 1. The van der Waals surface area contributed by atoms with Crippen LogP contribution in [0, 0.1) is 0 Å². The minimum Gasteiger partial charge on any atom is -0.466 e. The normalized spacial score (nSPS) is 18.1. The molecule has 1 aliphatic rings. The summed E-state index contributed by atoms with van der Waals surface area (Å²) in [5.74, 6) is 0.319. The van der Waals surface area contributed by atoms with Crippen molar-refractivity contribution in [2.45, 2.75) is 13.2 Å². The number of aromatic nitrogens is 1. The Kier molecular flexibility index (Phi) is 3.72. The zero-order chi connectivity index (χ0) is 14.8. The summed E-state index contributed by atoms with van der Waals surface area (Å²) in [5, 5.41) is 0. The van der Waals surface area contributed by atoms with Gasteiger partial charge in [0.2, 0.25) is 0 Å². The Labute approximate surface area is 123 Å². The minimum absolute atomic E-state index is 0.208. The number of ether oxygens (including phenoxy) is 1. The molecule has 0 fully saturated rings. The van der Waals surface area contributed by atoms with Crippen molar-refractivity contribution in [2.75, 3.05) is 13.8 Å². The molecule has 0 saturated carbocycles. The van der Waals surface area contributed by atoms with Gasteiger partial charge in [0.25, 0.3) is 5.56 Å². The molecule has 1 atom stereocenters. The fraction of sp³-hybridized carbons (Fsp3) is 0.308. The number of nitrogens with one attached hydrogen (secondary N) is 1. The number of methoxy groups -OCH3 is 1. The predicted octanol–water partition coefficient (Wildman–Crippen LogP) is -1.91. The molecule has 0 aliphatic carbocycles. The van der Waals surface area contributed by atoms with Crippen molar-refractivity contribution >= 4 is 23.4 Å². The number of esters is 1. The molecule has 2 aromatic rings. The molecule has 0 radical (unpaired) electrons. The number of furan rings is 1. The van der Waals surface area contributed by atoms with Gasteiger partial charge in [0.05, 0.1) is 13.4 Å². The lowest BCUT2D eigenvalue weighted by molar-refractivity contribution is -0.939. The molecule has 0 spiro atoms. The Bertz CT molecular complexity index is 819. The van der Waals surface area contributed by atoms with Gasteiger partial charge in [-0.15, -0.1) is 0 Å². The lowest BCUT2D eigenvalue weighted by Gasteiger charge is -2.19. The summed E-state index contributed by atoms with van der Waals surface area (Å²) >= 11 is 1.21. The molecule has 110 valence electrons. The van der Waals surface area contributed by atoms with Gasteiger partial charge >= 0.3 is 5.97 Å². The zero-order valence-corrected chi connectivity index (χ0v) is 12.2. The van der Waals surface area contributed by atoms with Gasteiger partial charge in [0, 0.05) is 6.08 Å². The summed E-state index contributed by atoms with van der Waals surface area (Å²) in [6.07, 6.45) is 2.83. The molecule has 21 heavy (non-hydrogen) atoms. The van der Waals surface area contributed by atoms with Gasteiger partial charge in [-0.2, -0.15) is 0 Å². The highest BCUT2D eigenvalue weighted by Crippen LogP contribution is 1.96. The van der Waals surface area contributed by atoms with Crippen molar-refractivity contribution in [3.8, 4) is 0 Å². The summed E-state index contributed by atoms with van der Waals surface area (Å²) in [6, 6.07) is 3.73. The van der Waals surface area contributed by atoms with Crippen molar-refractivity contribution < 1.29 is 18.8 Å². The minimum atomic E-state index is -0.536. The van der Waals surface area contributed by atoms with Gasteiger partial charge < -0.3 is 9.15 Å². The molecular weight excluding hydrogens is 294 g/mol. The average molecular weight is 308 g/mol. The molecule has 0 aromatic carbocycles. The second-order valence-electron chi connectivity index (χ2n) is 4.63. The van der Waals surface area contributed by atoms with Crippen molar-refractivity contribution in [3.63, 3.8) is 0 Å². The monoisotopic (exact) mass is 308 g/mol. The van der Waals surface area contributed by atoms with E-state index in [1.165, 1.54) is 24.5 Å². The Balaban J connectivity index is 1.88. The first-order valence-corrected chi connectivity index (χ1v) is 7.19. The Morgan fingerprint density at radius 2 is 2.52 bits per heavy atom. The number of nitrogens with zero attached hydrogens (tertiary/aromatic N) is 2. The molecule has 0 saturated heterocycles. The highest BCUT2D eigenvalue weighted by molar-refractivity contribution is 7.07. The maximum atomic E-state index is 12.3. The number of rotatable bonds is 3. The van der Waals surface area contributed by atoms with Gasteiger partial charge in [-0.3, -0.25) is 9.69 Å². The number of carbonyl (C=O) groups excluding carboxylic acids is 1. The van der Waals surface area contributed by atoms with E-state index in [9.17, 15) is 9.59 Å². The summed E-state index contributed by atoms with van der Waals surface area (Å²) in [5.41, 5.74) is -0.208. The number of hydrogen-bond donors (Lipinski definition) is 1. The van der Waals surface area contributed by atoms with Gasteiger partial charge in [0.1, 0.15) is 11.1 Å². The molecule has 2 aromatic heterocycles. The van der Waals surface area contributed by atoms with E-state index in [1.807, 2.05) is 12.1 Å². The van der Waals surface area contributed by atoms with Crippen LogP contribution in [0.1, 0.15) is 5.76 Å². The highest BCUT2D eigenvalue weighted by Gasteiger charge is 2.19. The lowest BCUT2D eigenvalue weighted by atomic mass is 10.4. The average Bonchev–Trinajstić information content (AvgIpc) is 3.09. The Hall–Kier alpha value is -2.19. The van der Waals surface area contributed by atoms with Crippen LogP contribution in [0.15, 0.2) is 32.6 Å². The van der Waals surface area contributed by atoms with Crippen molar-refractivity contribution in [3.05, 3.63) is 43.8 Å². The van der Waals surface area contributed by atoms with E-state index in [0.717, 1.165) is 10.7 Å². The van der Waals surface area contributed by atoms with Crippen molar-refractivity contribution in [2.24, 2.45) is 4.99 Å². The van der Waals surface area contributed by atoms with Crippen LogP contribution in [0.4, 0.5) is 0 Å². The number of quaternary nitrogens is 1. The molecule has 1 unspecified atom stereocenters. The number of thiazole rings is 1. The van der Waals surface area contributed by atoms with Crippen molar-refractivity contribution in [1.82, 2.24) is 4.57 Å². The Morgan fingerprint density at radius 3 is 3.24 bits per heavy atom. The van der Waals surface area contributed by atoms with E-state index in [0.29, 0.717) is 29.2 Å². The van der Waals surface area contributed by atoms with E-state index in [4.69, 9.17) is 4.42 Å². The second-order valence-corrected chi connectivity index (χ2v) is 5.64. The quantitative estimate of drug-likeness (QED) is 0.671. The van der Waals surface area contributed by atoms with Crippen LogP contribution < -0.4 is 19.8 Å².